The molecule has 1 amide bonds. The zero-order chi connectivity index (χ0) is 17.2. The molecule has 2 aromatic heterocycles. The molecular formula is C17H17N3O4S. The maximum Gasteiger partial charge on any atom is 0.417 e. The van der Waals surface area contributed by atoms with Crippen molar-refractivity contribution in [3.63, 3.8) is 0 Å². The van der Waals surface area contributed by atoms with Crippen molar-refractivity contribution in [1.82, 2.24) is 15.3 Å². The van der Waals surface area contributed by atoms with E-state index in [0.29, 0.717) is 30.7 Å². The van der Waals surface area contributed by atoms with Crippen LogP contribution in [0.5, 0.6) is 0 Å². The lowest BCUT2D eigenvalue weighted by atomic mass is 10.1. The summed E-state index contributed by atoms with van der Waals surface area (Å²) in [5, 5.41) is 5.80. The number of hydrogen-bond donors (Lipinski definition) is 2. The predicted molar refractivity (Wildman–Crippen MR) is 93.6 cm³/mol. The molecule has 1 fully saturated rings. The first-order chi connectivity index (χ1) is 12.2. The van der Waals surface area contributed by atoms with Crippen LogP contribution >= 0.6 is 11.3 Å². The van der Waals surface area contributed by atoms with E-state index in [1.54, 1.807) is 23.5 Å². The largest absolute Gasteiger partial charge is 0.417 e. The monoisotopic (exact) mass is 359 g/mol. The van der Waals surface area contributed by atoms with Crippen molar-refractivity contribution in [3.05, 3.63) is 39.1 Å². The van der Waals surface area contributed by atoms with E-state index in [-0.39, 0.29) is 12.0 Å². The number of rotatable bonds is 5. The molecule has 1 saturated heterocycles. The number of nitrogens with zero attached hydrogens (tertiary/aromatic N) is 1. The maximum absolute atomic E-state index is 11.9. The lowest BCUT2D eigenvalue weighted by molar-refractivity contribution is -0.129. The van der Waals surface area contributed by atoms with Crippen molar-refractivity contribution in [1.29, 1.82) is 0 Å². The molecule has 3 heterocycles. The van der Waals surface area contributed by atoms with Crippen LogP contribution in [0.15, 0.2) is 32.8 Å². The zero-order valence-corrected chi connectivity index (χ0v) is 14.2. The average molecular weight is 359 g/mol. The Morgan fingerprint density at radius 3 is 3.20 bits per heavy atom. The van der Waals surface area contributed by atoms with E-state index in [1.165, 1.54) is 0 Å². The first-order valence-corrected chi connectivity index (χ1v) is 9.04. The van der Waals surface area contributed by atoms with Crippen molar-refractivity contribution >= 4 is 28.3 Å². The number of fused-ring (bicyclic) bond motifs is 1. The second kappa shape index (κ2) is 6.81. The SMILES string of the molecule is O=C(NCCc1nc(-c2ccc3[nH]c(=O)oc3c2)cs1)C1CCCO1. The van der Waals surface area contributed by atoms with E-state index in [9.17, 15) is 9.59 Å². The van der Waals surface area contributed by atoms with Crippen LogP contribution in [0.3, 0.4) is 0 Å². The molecule has 0 saturated carbocycles. The Balaban J connectivity index is 1.39. The molecule has 8 heteroatoms. The quantitative estimate of drug-likeness (QED) is 0.727. The topological polar surface area (TPSA) is 97.2 Å². The number of hydrogen-bond acceptors (Lipinski definition) is 6. The van der Waals surface area contributed by atoms with Gasteiger partial charge >= 0.3 is 5.76 Å². The Bertz CT molecular complexity index is 952. The van der Waals surface area contributed by atoms with Gasteiger partial charge in [-0.2, -0.15) is 0 Å². The van der Waals surface area contributed by atoms with E-state index in [4.69, 9.17) is 9.15 Å². The van der Waals surface area contributed by atoms with Gasteiger partial charge in [0.1, 0.15) is 6.10 Å². The highest BCUT2D eigenvalue weighted by Gasteiger charge is 2.22. The summed E-state index contributed by atoms with van der Waals surface area (Å²) in [5.41, 5.74) is 2.90. The number of H-pyrrole nitrogens is 1. The molecule has 0 spiro atoms. The third kappa shape index (κ3) is 3.49. The van der Waals surface area contributed by atoms with E-state index in [1.807, 2.05) is 11.4 Å². The van der Waals surface area contributed by atoms with Gasteiger partial charge in [-0.1, -0.05) is 6.07 Å². The summed E-state index contributed by atoms with van der Waals surface area (Å²) in [6.45, 7) is 1.21. The van der Waals surface area contributed by atoms with Crippen LogP contribution < -0.4 is 11.1 Å². The second-order valence-electron chi connectivity index (χ2n) is 5.89. The van der Waals surface area contributed by atoms with Crippen molar-refractivity contribution in [3.8, 4) is 11.3 Å². The molecule has 7 nitrogen and oxygen atoms in total. The number of nitrogens with one attached hydrogen (secondary N) is 2. The van der Waals surface area contributed by atoms with Gasteiger partial charge in [-0.3, -0.25) is 9.78 Å². The molecule has 1 atom stereocenters. The number of ether oxygens (including phenoxy) is 1. The Labute approximate surface area is 147 Å². The molecule has 0 aliphatic carbocycles. The van der Waals surface area contributed by atoms with Gasteiger partial charge < -0.3 is 14.5 Å². The molecule has 25 heavy (non-hydrogen) atoms. The van der Waals surface area contributed by atoms with Crippen molar-refractivity contribution in [2.24, 2.45) is 0 Å². The van der Waals surface area contributed by atoms with Gasteiger partial charge in [0, 0.05) is 30.5 Å². The standard InChI is InChI=1S/C17H17N3O4S/c21-16(13-2-1-7-23-13)18-6-5-15-19-12(9-25-15)10-3-4-11-14(8-10)24-17(22)20-11/h3-4,8-9,13H,1-2,5-7H2,(H,18,21)(H,20,22). The molecule has 1 aliphatic rings. The number of amides is 1. The van der Waals surface area contributed by atoms with Gasteiger partial charge in [-0.05, 0) is 25.0 Å². The van der Waals surface area contributed by atoms with Gasteiger partial charge in [0.2, 0.25) is 5.91 Å². The molecule has 1 aliphatic heterocycles. The summed E-state index contributed by atoms with van der Waals surface area (Å²) in [6, 6.07) is 5.49. The summed E-state index contributed by atoms with van der Waals surface area (Å²) in [6.07, 6.45) is 2.12. The van der Waals surface area contributed by atoms with Crippen LogP contribution in [0, 0.1) is 0 Å². The lowest BCUT2D eigenvalue weighted by Crippen LogP contribution is -2.35. The summed E-state index contributed by atoms with van der Waals surface area (Å²) in [7, 11) is 0. The highest BCUT2D eigenvalue weighted by atomic mass is 32.1. The number of aromatic amines is 1. The molecule has 1 unspecified atom stereocenters. The highest BCUT2D eigenvalue weighted by molar-refractivity contribution is 7.09. The molecule has 0 bridgehead atoms. The number of benzene rings is 1. The van der Waals surface area contributed by atoms with Crippen molar-refractivity contribution < 1.29 is 13.9 Å². The Morgan fingerprint density at radius 1 is 1.44 bits per heavy atom. The fourth-order valence-electron chi connectivity index (χ4n) is 2.85. The van der Waals surface area contributed by atoms with Crippen LogP contribution in [0.4, 0.5) is 0 Å². The molecule has 0 radical (unpaired) electrons. The van der Waals surface area contributed by atoms with Gasteiger partial charge in [0.05, 0.1) is 16.2 Å². The minimum Gasteiger partial charge on any atom is -0.408 e. The van der Waals surface area contributed by atoms with E-state index in [0.717, 1.165) is 29.1 Å². The number of carbonyl (C=O) groups excluding carboxylic acids is 1. The summed E-state index contributed by atoms with van der Waals surface area (Å²) in [4.78, 5) is 30.3. The summed E-state index contributed by atoms with van der Waals surface area (Å²) >= 11 is 1.55. The van der Waals surface area contributed by atoms with E-state index >= 15 is 0 Å². The molecule has 130 valence electrons. The average Bonchev–Trinajstić information content (AvgIpc) is 3.34. The van der Waals surface area contributed by atoms with Gasteiger partial charge in [0.15, 0.2) is 5.58 Å². The van der Waals surface area contributed by atoms with Crippen LogP contribution in [0.1, 0.15) is 17.8 Å². The second-order valence-corrected chi connectivity index (χ2v) is 6.84. The van der Waals surface area contributed by atoms with Crippen molar-refractivity contribution in [2.45, 2.75) is 25.4 Å². The first-order valence-electron chi connectivity index (χ1n) is 8.16. The van der Waals surface area contributed by atoms with Crippen molar-refractivity contribution in [2.75, 3.05) is 13.2 Å². The zero-order valence-electron chi connectivity index (χ0n) is 13.4. The summed E-state index contributed by atoms with van der Waals surface area (Å²) < 4.78 is 10.4. The molecule has 4 rings (SSSR count). The van der Waals surface area contributed by atoms with Gasteiger partial charge in [0.25, 0.3) is 0 Å². The van der Waals surface area contributed by atoms with Gasteiger partial charge in [-0.15, -0.1) is 11.3 Å². The van der Waals surface area contributed by atoms with Crippen LogP contribution in [-0.2, 0) is 16.0 Å². The Kier molecular flexibility index (Phi) is 4.37. The highest BCUT2D eigenvalue weighted by Crippen LogP contribution is 2.25. The van der Waals surface area contributed by atoms with E-state index < -0.39 is 5.76 Å². The predicted octanol–water partition coefficient (Wildman–Crippen LogP) is 2.08. The van der Waals surface area contributed by atoms with Gasteiger partial charge in [-0.25, -0.2) is 9.78 Å². The number of thiazole rings is 1. The molecule has 3 aromatic rings. The fraction of sp³-hybridized carbons (Fsp3) is 0.353. The first kappa shape index (κ1) is 16.0. The minimum atomic E-state index is -0.465. The molecule has 1 aromatic carbocycles. The smallest absolute Gasteiger partial charge is 0.408 e. The molecular weight excluding hydrogens is 342 g/mol. The Morgan fingerprint density at radius 2 is 2.36 bits per heavy atom. The Hall–Kier alpha value is -2.45. The lowest BCUT2D eigenvalue weighted by Gasteiger charge is -2.09. The molecule has 2 N–H and O–H groups in total. The summed E-state index contributed by atoms with van der Waals surface area (Å²) in [5.74, 6) is -0.504. The van der Waals surface area contributed by atoms with Crippen LogP contribution in [0.25, 0.3) is 22.4 Å². The normalized spacial score (nSPS) is 17.2. The number of aromatic nitrogens is 2. The number of carbonyl (C=O) groups is 1. The van der Waals surface area contributed by atoms with E-state index in [2.05, 4.69) is 15.3 Å². The fourth-order valence-corrected chi connectivity index (χ4v) is 3.66. The third-order valence-electron chi connectivity index (χ3n) is 4.13. The van der Waals surface area contributed by atoms with Crippen LogP contribution in [0.2, 0.25) is 0 Å². The third-order valence-corrected chi connectivity index (χ3v) is 5.04. The number of oxazole rings is 1. The van der Waals surface area contributed by atoms with Crippen LogP contribution in [-0.4, -0.2) is 35.1 Å². The minimum absolute atomic E-state index is 0.0396. The maximum atomic E-state index is 11.9.